The van der Waals surface area contributed by atoms with Crippen LogP contribution >= 0.6 is 11.6 Å². The van der Waals surface area contributed by atoms with Gasteiger partial charge in [0, 0.05) is 22.7 Å². The third-order valence-corrected chi connectivity index (χ3v) is 6.83. The van der Waals surface area contributed by atoms with E-state index in [0.717, 1.165) is 18.2 Å². The van der Waals surface area contributed by atoms with Crippen molar-refractivity contribution in [1.29, 1.82) is 0 Å². The van der Waals surface area contributed by atoms with Crippen LogP contribution in [0, 0.1) is 13.8 Å². The number of aryl methyl sites for hydroxylation is 2. The van der Waals surface area contributed by atoms with E-state index < -0.39 is 29.2 Å². The van der Waals surface area contributed by atoms with Gasteiger partial charge in [0.15, 0.2) is 0 Å². The van der Waals surface area contributed by atoms with Crippen LogP contribution in [0.1, 0.15) is 59.1 Å². The van der Waals surface area contributed by atoms with Crippen LogP contribution in [0.15, 0.2) is 48.7 Å². The Morgan fingerprint density at radius 2 is 1.68 bits per heavy atom. The van der Waals surface area contributed by atoms with Crippen LogP contribution in [0.4, 0.5) is 26.3 Å². The summed E-state index contributed by atoms with van der Waals surface area (Å²) in [6.07, 6.45) is -6.24. The molecule has 34 heavy (non-hydrogen) atoms. The molecule has 0 amide bonds. The normalized spacial score (nSPS) is 16.5. The van der Waals surface area contributed by atoms with Crippen molar-refractivity contribution < 1.29 is 26.3 Å². The molecule has 1 aliphatic rings. The average molecular weight is 502 g/mol. The summed E-state index contributed by atoms with van der Waals surface area (Å²) in [6, 6.07) is 6.40. The predicted molar refractivity (Wildman–Crippen MR) is 124 cm³/mol. The first kappa shape index (κ1) is 26.2. The van der Waals surface area contributed by atoms with Crippen LogP contribution in [0.5, 0.6) is 0 Å². The van der Waals surface area contributed by atoms with Gasteiger partial charge >= 0.3 is 12.4 Å². The van der Waals surface area contributed by atoms with Gasteiger partial charge in [0.25, 0.3) is 0 Å². The minimum Gasteiger partial charge on any atom is -0.388 e. The van der Waals surface area contributed by atoms with Crippen LogP contribution in [0.25, 0.3) is 6.08 Å². The van der Waals surface area contributed by atoms with Gasteiger partial charge in [-0.25, -0.2) is 0 Å². The third-order valence-electron chi connectivity index (χ3n) is 6.23. The number of alkyl halides is 6. The summed E-state index contributed by atoms with van der Waals surface area (Å²) in [5.41, 5.74) is -0.0258. The number of benzene rings is 2. The molecule has 1 aliphatic carbocycles. The molecule has 0 heterocycles. The third kappa shape index (κ3) is 5.29. The molecule has 8 heteroatoms. The van der Waals surface area contributed by atoms with Gasteiger partial charge in [0.1, 0.15) is 0 Å². The molecule has 3 rings (SSSR count). The molecule has 0 spiro atoms. The molecule has 1 fully saturated rings. The second kappa shape index (κ2) is 9.33. The first-order valence-electron chi connectivity index (χ1n) is 10.9. The molecule has 0 aliphatic heterocycles. The Morgan fingerprint density at radius 1 is 1.09 bits per heavy atom. The van der Waals surface area contributed by atoms with E-state index in [0.29, 0.717) is 41.2 Å². The maximum Gasteiger partial charge on any atom is 0.416 e. The maximum atomic E-state index is 13.9. The molecule has 0 aromatic heterocycles. The molecule has 1 nitrogen and oxygen atoms in total. The van der Waals surface area contributed by atoms with E-state index in [1.807, 2.05) is 6.92 Å². The number of hydrogen-bond donors (Lipinski definition) is 1. The molecule has 184 valence electrons. The molecule has 1 N–H and O–H groups in total. The summed E-state index contributed by atoms with van der Waals surface area (Å²) in [5.74, 6) is -1.99. The Morgan fingerprint density at radius 3 is 2.15 bits per heavy atom. The number of halogens is 7. The monoisotopic (exact) mass is 501 g/mol. The van der Waals surface area contributed by atoms with Gasteiger partial charge in [0.2, 0.25) is 0 Å². The SMILES string of the molecule is C=C(NCC)C1(c2ccc(/C=C/C(c3cc(C)c(Cl)c(C)c3)C(F)(F)F)cc2C(F)(F)F)CC1. The van der Waals surface area contributed by atoms with Crippen molar-refractivity contribution >= 4 is 17.7 Å². The highest BCUT2D eigenvalue weighted by molar-refractivity contribution is 6.32. The Labute approximate surface area is 200 Å². The van der Waals surface area contributed by atoms with E-state index in [1.165, 1.54) is 24.3 Å². The van der Waals surface area contributed by atoms with Gasteiger partial charge in [-0.3, -0.25) is 0 Å². The number of hydrogen-bond acceptors (Lipinski definition) is 1. The summed E-state index contributed by atoms with van der Waals surface area (Å²) in [5, 5.41) is 3.40. The van der Waals surface area contributed by atoms with Crippen molar-refractivity contribution in [2.45, 2.75) is 57.3 Å². The van der Waals surface area contributed by atoms with E-state index in [9.17, 15) is 26.3 Å². The Balaban J connectivity index is 2.03. The van der Waals surface area contributed by atoms with Crippen LogP contribution in [-0.2, 0) is 11.6 Å². The van der Waals surface area contributed by atoms with E-state index >= 15 is 0 Å². The fourth-order valence-corrected chi connectivity index (χ4v) is 4.44. The molecule has 0 saturated heterocycles. The molecule has 1 unspecified atom stereocenters. The lowest BCUT2D eigenvalue weighted by Gasteiger charge is -2.24. The number of nitrogens with one attached hydrogen (secondary N) is 1. The number of allylic oxidation sites excluding steroid dienone is 2. The Bertz CT molecular complexity index is 1090. The van der Waals surface area contributed by atoms with Crippen molar-refractivity contribution in [3.63, 3.8) is 0 Å². The minimum absolute atomic E-state index is 0.0188. The number of rotatable bonds is 7. The van der Waals surface area contributed by atoms with E-state index in [1.54, 1.807) is 13.8 Å². The van der Waals surface area contributed by atoms with Crippen LogP contribution in [-0.4, -0.2) is 12.7 Å². The minimum atomic E-state index is -4.66. The van der Waals surface area contributed by atoms with Crippen molar-refractivity contribution in [3.8, 4) is 0 Å². The molecular weight excluding hydrogens is 476 g/mol. The second-order valence-electron chi connectivity index (χ2n) is 8.74. The molecule has 0 radical (unpaired) electrons. The van der Waals surface area contributed by atoms with Crippen LogP contribution in [0.3, 0.4) is 0 Å². The van der Waals surface area contributed by atoms with Gasteiger partial charge in [0.05, 0.1) is 11.5 Å². The van der Waals surface area contributed by atoms with Crippen molar-refractivity contribution in [1.82, 2.24) is 5.32 Å². The summed E-state index contributed by atoms with van der Waals surface area (Å²) in [6.45, 7) is 9.50. The zero-order chi connectivity index (χ0) is 25.5. The van der Waals surface area contributed by atoms with E-state index in [4.69, 9.17) is 11.6 Å². The lowest BCUT2D eigenvalue weighted by Crippen LogP contribution is -2.26. The van der Waals surface area contributed by atoms with Gasteiger partial charge in [-0.1, -0.05) is 54.6 Å². The fourth-order valence-electron chi connectivity index (χ4n) is 4.33. The summed E-state index contributed by atoms with van der Waals surface area (Å²) in [7, 11) is 0. The highest BCUT2D eigenvalue weighted by atomic mass is 35.5. The van der Waals surface area contributed by atoms with Crippen molar-refractivity contribution in [2.75, 3.05) is 6.54 Å². The highest BCUT2D eigenvalue weighted by Crippen LogP contribution is 2.55. The zero-order valence-corrected chi connectivity index (χ0v) is 19.8. The predicted octanol–water partition coefficient (Wildman–Crippen LogP) is 8.49. The maximum absolute atomic E-state index is 13.9. The summed E-state index contributed by atoms with van der Waals surface area (Å²) in [4.78, 5) is 0. The van der Waals surface area contributed by atoms with Gasteiger partial charge < -0.3 is 5.32 Å². The lowest BCUT2D eigenvalue weighted by atomic mass is 9.87. The second-order valence-corrected chi connectivity index (χ2v) is 9.12. The molecule has 2 aromatic carbocycles. The number of likely N-dealkylation sites (N-methyl/N-ethyl adjacent to an activating group) is 1. The van der Waals surface area contributed by atoms with Gasteiger partial charge in [-0.2, -0.15) is 26.3 Å². The smallest absolute Gasteiger partial charge is 0.388 e. The first-order chi connectivity index (χ1) is 15.7. The van der Waals surface area contributed by atoms with E-state index in [2.05, 4.69) is 11.9 Å². The lowest BCUT2D eigenvalue weighted by molar-refractivity contribution is -0.140. The zero-order valence-electron chi connectivity index (χ0n) is 19.1. The molecular formula is C26H26ClF6N. The summed E-state index contributed by atoms with van der Waals surface area (Å²) >= 11 is 6.08. The molecule has 2 aromatic rings. The van der Waals surface area contributed by atoms with E-state index in [-0.39, 0.29) is 16.7 Å². The van der Waals surface area contributed by atoms with Crippen molar-refractivity contribution in [2.24, 2.45) is 0 Å². The standard InChI is InChI=1S/C26H26ClF6N/c1-5-34-17(4)24(10-11-24)21-9-7-18(14-22(21)26(31,32)33)6-8-20(25(28,29)30)19-12-15(2)23(27)16(3)13-19/h6-9,12-14,20,34H,4-5,10-11H2,1-3H3/b8-6+. The topological polar surface area (TPSA) is 12.0 Å². The first-order valence-corrected chi connectivity index (χ1v) is 11.2. The fraction of sp³-hybridized carbons (Fsp3) is 0.385. The quantitative estimate of drug-likeness (QED) is 0.375. The Hall–Kier alpha value is -2.41. The average Bonchev–Trinajstić information content (AvgIpc) is 3.52. The van der Waals surface area contributed by atoms with Crippen LogP contribution in [0.2, 0.25) is 5.02 Å². The largest absolute Gasteiger partial charge is 0.416 e. The molecule has 1 saturated carbocycles. The molecule has 1 atom stereocenters. The highest BCUT2D eigenvalue weighted by Gasteiger charge is 2.51. The van der Waals surface area contributed by atoms with Crippen molar-refractivity contribution in [3.05, 3.63) is 87.1 Å². The van der Waals surface area contributed by atoms with Gasteiger partial charge in [-0.15, -0.1) is 0 Å². The summed E-state index contributed by atoms with van der Waals surface area (Å²) < 4.78 is 83.4. The van der Waals surface area contributed by atoms with Gasteiger partial charge in [-0.05, 0) is 67.5 Å². The Kier molecular flexibility index (Phi) is 7.19. The molecule has 0 bridgehead atoms. The van der Waals surface area contributed by atoms with Crippen LogP contribution < -0.4 is 5.32 Å².